The van der Waals surface area contributed by atoms with Crippen molar-refractivity contribution in [3.63, 3.8) is 0 Å². The summed E-state index contributed by atoms with van der Waals surface area (Å²) in [7, 11) is 0. The first-order valence-corrected chi connectivity index (χ1v) is 8.61. The molecule has 0 saturated heterocycles. The van der Waals surface area contributed by atoms with Crippen LogP contribution in [0.1, 0.15) is 5.56 Å². The highest BCUT2D eigenvalue weighted by atomic mass is 19.1. The molecule has 0 unspecified atom stereocenters. The van der Waals surface area contributed by atoms with Crippen LogP contribution >= 0.6 is 0 Å². The molecule has 0 fully saturated rings. The van der Waals surface area contributed by atoms with Crippen LogP contribution in [0, 0.1) is 17.5 Å². The zero-order valence-electron chi connectivity index (χ0n) is 14.8. The van der Waals surface area contributed by atoms with Gasteiger partial charge in [0.15, 0.2) is 0 Å². The Labute approximate surface area is 163 Å². The first-order valence-electron chi connectivity index (χ1n) is 8.61. The van der Waals surface area contributed by atoms with Crippen LogP contribution in [-0.4, -0.2) is 11.8 Å². The molecule has 0 bridgehead atoms. The predicted molar refractivity (Wildman–Crippen MR) is 102 cm³/mol. The van der Waals surface area contributed by atoms with Gasteiger partial charge in [0.05, 0.1) is 11.3 Å². The van der Waals surface area contributed by atoms with Crippen LogP contribution in [0.3, 0.4) is 0 Å². The second kappa shape index (κ2) is 7.27. The summed E-state index contributed by atoms with van der Waals surface area (Å²) >= 11 is 0. The maximum absolute atomic E-state index is 13.3. The minimum atomic E-state index is -0.662. The van der Waals surface area contributed by atoms with Gasteiger partial charge < -0.3 is 5.32 Å². The van der Waals surface area contributed by atoms with Crippen molar-refractivity contribution in [3.05, 3.63) is 102 Å². The van der Waals surface area contributed by atoms with Gasteiger partial charge in [-0.1, -0.05) is 12.1 Å². The average molecular weight is 394 g/mol. The Hall–Kier alpha value is -3.87. The van der Waals surface area contributed by atoms with Crippen molar-refractivity contribution in [1.29, 1.82) is 0 Å². The Balaban J connectivity index is 1.80. The predicted octanol–water partition coefficient (Wildman–Crippen LogP) is 4.50. The van der Waals surface area contributed by atoms with E-state index >= 15 is 0 Å². The first-order chi connectivity index (χ1) is 13.9. The Morgan fingerprint density at radius 3 is 1.66 bits per heavy atom. The number of amides is 2. The van der Waals surface area contributed by atoms with Crippen molar-refractivity contribution in [2.75, 3.05) is 10.2 Å². The van der Waals surface area contributed by atoms with E-state index in [0.29, 0.717) is 11.3 Å². The van der Waals surface area contributed by atoms with Gasteiger partial charge in [0, 0.05) is 5.69 Å². The zero-order valence-corrected chi connectivity index (χ0v) is 14.8. The molecule has 1 aliphatic heterocycles. The molecule has 0 radical (unpaired) electrons. The number of carbonyl (C=O) groups excluding carboxylic acids is 2. The van der Waals surface area contributed by atoms with E-state index in [2.05, 4.69) is 5.32 Å². The Bertz CT molecular complexity index is 1120. The third-order valence-corrected chi connectivity index (χ3v) is 4.42. The summed E-state index contributed by atoms with van der Waals surface area (Å²) < 4.78 is 39.8. The van der Waals surface area contributed by atoms with Crippen molar-refractivity contribution < 1.29 is 22.8 Å². The molecule has 0 atom stereocenters. The minimum absolute atomic E-state index is 0.0312. The lowest BCUT2D eigenvalue weighted by atomic mass is 10.0. The monoisotopic (exact) mass is 394 g/mol. The summed E-state index contributed by atoms with van der Waals surface area (Å²) in [5.74, 6) is -2.76. The van der Waals surface area contributed by atoms with Crippen LogP contribution in [0.25, 0.3) is 5.57 Å². The van der Waals surface area contributed by atoms with Gasteiger partial charge in [0.1, 0.15) is 23.1 Å². The molecule has 0 aromatic heterocycles. The molecule has 0 aliphatic carbocycles. The maximum Gasteiger partial charge on any atom is 0.282 e. The van der Waals surface area contributed by atoms with Gasteiger partial charge in [-0.2, -0.15) is 0 Å². The van der Waals surface area contributed by atoms with Gasteiger partial charge in [-0.05, 0) is 66.2 Å². The summed E-state index contributed by atoms with van der Waals surface area (Å²) in [6, 6.07) is 15.3. The lowest BCUT2D eigenvalue weighted by molar-refractivity contribution is -0.120. The molecular weight excluding hydrogens is 381 g/mol. The maximum atomic E-state index is 13.3. The molecule has 29 heavy (non-hydrogen) atoms. The fraction of sp³-hybridized carbons (Fsp3) is 0. The van der Waals surface area contributed by atoms with Gasteiger partial charge in [0.2, 0.25) is 0 Å². The molecule has 4 nitrogen and oxygen atoms in total. The lowest BCUT2D eigenvalue weighted by Crippen LogP contribution is -2.32. The van der Waals surface area contributed by atoms with Crippen LogP contribution < -0.4 is 10.2 Å². The van der Waals surface area contributed by atoms with Crippen molar-refractivity contribution in [1.82, 2.24) is 0 Å². The number of imide groups is 1. The third kappa shape index (κ3) is 3.50. The average Bonchev–Trinajstić information content (AvgIpc) is 2.95. The highest BCUT2D eigenvalue weighted by Crippen LogP contribution is 2.33. The number of hydrogen-bond acceptors (Lipinski definition) is 3. The van der Waals surface area contributed by atoms with E-state index < -0.39 is 29.3 Å². The molecule has 0 spiro atoms. The highest BCUT2D eigenvalue weighted by molar-refractivity contribution is 6.46. The van der Waals surface area contributed by atoms with E-state index in [1.807, 2.05) is 0 Å². The van der Waals surface area contributed by atoms with Crippen LogP contribution in [0.15, 0.2) is 78.5 Å². The Morgan fingerprint density at radius 1 is 0.621 bits per heavy atom. The summed E-state index contributed by atoms with van der Waals surface area (Å²) in [5.41, 5.74) is 0.903. The third-order valence-electron chi connectivity index (χ3n) is 4.42. The number of benzene rings is 3. The van der Waals surface area contributed by atoms with E-state index in [-0.39, 0.29) is 17.0 Å². The quantitative estimate of drug-likeness (QED) is 0.663. The molecule has 2 amide bonds. The first kappa shape index (κ1) is 18.5. The zero-order chi connectivity index (χ0) is 20.5. The fourth-order valence-corrected chi connectivity index (χ4v) is 3.03. The summed E-state index contributed by atoms with van der Waals surface area (Å²) in [6.07, 6.45) is 0. The second-order valence-corrected chi connectivity index (χ2v) is 6.31. The van der Waals surface area contributed by atoms with Gasteiger partial charge in [-0.15, -0.1) is 0 Å². The normalized spacial score (nSPS) is 14.0. The topological polar surface area (TPSA) is 49.4 Å². The molecule has 4 rings (SSSR count). The van der Waals surface area contributed by atoms with E-state index in [0.717, 1.165) is 17.0 Å². The lowest BCUT2D eigenvalue weighted by Gasteiger charge is -2.15. The highest BCUT2D eigenvalue weighted by Gasteiger charge is 2.40. The fourth-order valence-electron chi connectivity index (χ4n) is 3.03. The molecule has 3 aromatic carbocycles. The number of nitrogens with one attached hydrogen (secondary N) is 1. The standard InChI is InChI=1S/C22H13F3N2O2/c23-14-3-1-13(2-4-14)19-20(26-17-9-5-15(24)6-10-17)22(29)27(21(19)28)18-11-7-16(25)8-12-18/h1-12,26H. The molecule has 3 aromatic rings. The molecule has 0 saturated carbocycles. The molecule has 1 heterocycles. The van der Waals surface area contributed by atoms with Crippen molar-refractivity contribution in [3.8, 4) is 0 Å². The number of halogens is 3. The van der Waals surface area contributed by atoms with Gasteiger partial charge in [0.25, 0.3) is 11.8 Å². The second-order valence-electron chi connectivity index (χ2n) is 6.31. The summed E-state index contributed by atoms with van der Waals surface area (Å²) in [5, 5.41) is 2.86. The van der Waals surface area contributed by atoms with E-state index in [9.17, 15) is 22.8 Å². The summed E-state index contributed by atoms with van der Waals surface area (Å²) in [4.78, 5) is 27.1. The van der Waals surface area contributed by atoms with E-state index in [4.69, 9.17) is 0 Å². The molecule has 1 N–H and O–H groups in total. The van der Waals surface area contributed by atoms with Crippen molar-refractivity contribution in [2.45, 2.75) is 0 Å². The van der Waals surface area contributed by atoms with E-state index in [1.165, 1.54) is 60.7 Å². The van der Waals surface area contributed by atoms with E-state index in [1.54, 1.807) is 0 Å². The SMILES string of the molecule is O=C1C(Nc2ccc(F)cc2)=C(c2ccc(F)cc2)C(=O)N1c1ccc(F)cc1. The number of nitrogens with zero attached hydrogens (tertiary/aromatic N) is 1. The van der Waals surface area contributed by atoms with Gasteiger partial charge in [-0.3, -0.25) is 9.59 Å². The summed E-state index contributed by atoms with van der Waals surface area (Å²) in [6.45, 7) is 0. The number of hydrogen-bond donors (Lipinski definition) is 1. The van der Waals surface area contributed by atoms with Crippen molar-refractivity contribution in [2.24, 2.45) is 0 Å². The number of carbonyl (C=O) groups is 2. The van der Waals surface area contributed by atoms with Crippen LogP contribution in [0.4, 0.5) is 24.5 Å². The van der Waals surface area contributed by atoms with Crippen LogP contribution in [0.2, 0.25) is 0 Å². The Morgan fingerprint density at radius 2 is 1.10 bits per heavy atom. The van der Waals surface area contributed by atoms with Crippen LogP contribution in [0.5, 0.6) is 0 Å². The minimum Gasteiger partial charge on any atom is -0.350 e. The largest absolute Gasteiger partial charge is 0.350 e. The molecule has 144 valence electrons. The van der Waals surface area contributed by atoms with Crippen LogP contribution in [-0.2, 0) is 9.59 Å². The smallest absolute Gasteiger partial charge is 0.282 e. The van der Waals surface area contributed by atoms with Gasteiger partial charge >= 0.3 is 0 Å². The number of anilines is 2. The molecule has 1 aliphatic rings. The molecule has 7 heteroatoms. The van der Waals surface area contributed by atoms with Crippen molar-refractivity contribution >= 4 is 28.8 Å². The van der Waals surface area contributed by atoms with Gasteiger partial charge in [-0.25, -0.2) is 18.1 Å². The Kier molecular flexibility index (Phi) is 4.64. The number of rotatable bonds is 4. The molecular formula is C22H13F3N2O2.